The van der Waals surface area contributed by atoms with Crippen LogP contribution in [0.15, 0.2) is 24.8 Å². The van der Waals surface area contributed by atoms with E-state index >= 15 is 0 Å². The van der Waals surface area contributed by atoms with Gasteiger partial charge in [-0.15, -0.1) is 0 Å². The molecule has 2 aromatic rings. The molecule has 22 heavy (non-hydrogen) atoms. The number of aromatic nitrogens is 4. The summed E-state index contributed by atoms with van der Waals surface area (Å²) in [6.07, 6.45) is 9.06. The van der Waals surface area contributed by atoms with Crippen molar-refractivity contribution in [2.75, 3.05) is 18.5 Å². The van der Waals surface area contributed by atoms with Crippen LogP contribution < -0.4 is 5.32 Å². The largest absolute Gasteiger partial charge is 0.381 e. The van der Waals surface area contributed by atoms with Crippen molar-refractivity contribution in [3.05, 3.63) is 35.6 Å². The van der Waals surface area contributed by atoms with Crippen LogP contribution in [0.5, 0.6) is 0 Å². The van der Waals surface area contributed by atoms with E-state index in [1.54, 1.807) is 12.4 Å². The minimum Gasteiger partial charge on any atom is -0.381 e. The van der Waals surface area contributed by atoms with E-state index in [1.807, 2.05) is 12.4 Å². The Hall–Kier alpha value is -1.66. The van der Waals surface area contributed by atoms with Crippen LogP contribution in [0.2, 0.25) is 5.02 Å². The van der Waals surface area contributed by atoms with E-state index in [-0.39, 0.29) is 6.04 Å². The van der Waals surface area contributed by atoms with Gasteiger partial charge in [-0.1, -0.05) is 11.6 Å². The molecule has 0 radical (unpaired) electrons. The van der Waals surface area contributed by atoms with Crippen LogP contribution in [-0.4, -0.2) is 32.7 Å². The second-order valence-electron chi connectivity index (χ2n) is 5.37. The van der Waals surface area contributed by atoms with Gasteiger partial charge in [-0.2, -0.15) is 0 Å². The fourth-order valence-electron chi connectivity index (χ4n) is 2.84. The molecule has 0 saturated carbocycles. The van der Waals surface area contributed by atoms with Crippen LogP contribution in [0.1, 0.15) is 31.6 Å². The predicted octanol–water partition coefficient (Wildman–Crippen LogP) is 2.93. The highest BCUT2D eigenvalue weighted by Gasteiger charge is 2.29. The minimum absolute atomic E-state index is 0.0695. The lowest BCUT2D eigenvalue weighted by Crippen LogP contribution is -2.29. The Morgan fingerprint density at radius 3 is 2.73 bits per heavy atom. The molecule has 0 spiro atoms. The number of nitrogens with one attached hydrogen (secondary N) is 1. The lowest BCUT2D eigenvalue weighted by atomic mass is 9.91. The molecule has 3 heterocycles. The molecule has 0 aliphatic carbocycles. The van der Waals surface area contributed by atoms with E-state index in [1.165, 1.54) is 0 Å². The molecular formula is C15H20ClN5O. The molecule has 1 fully saturated rings. The van der Waals surface area contributed by atoms with Gasteiger partial charge in [0.25, 0.3) is 0 Å². The van der Waals surface area contributed by atoms with Gasteiger partial charge >= 0.3 is 0 Å². The van der Waals surface area contributed by atoms with E-state index in [0.717, 1.165) is 38.4 Å². The van der Waals surface area contributed by atoms with Gasteiger partial charge < -0.3 is 14.6 Å². The summed E-state index contributed by atoms with van der Waals surface area (Å²) in [6, 6.07) is 0.0695. The molecule has 0 amide bonds. The molecule has 1 N–H and O–H groups in total. The summed E-state index contributed by atoms with van der Waals surface area (Å²) in [6.45, 7) is 4.58. The number of ether oxygens (including phenoxy) is 1. The van der Waals surface area contributed by atoms with Crippen LogP contribution in [0, 0.1) is 5.92 Å². The average Bonchev–Trinajstić information content (AvgIpc) is 3.03. The Morgan fingerprint density at radius 1 is 1.32 bits per heavy atom. The molecule has 7 heteroatoms. The first-order valence-electron chi connectivity index (χ1n) is 7.60. The van der Waals surface area contributed by atoms with Crippen molar-refractivity contribution in [2.24, 2.45) is 5.92 Å². The molecule has 3 rings (SSSR count). The highest BCUT2D eigenvalue weighted by Crippen LogP contribution is 2.31. The third-order valence-electron chi connectivity index (χ3n) is 4.01. The molecule has 0 unspecified atom stereocenters. The predicted molar refractivity (Wildman–Crippen MR) is 84.8 cm³/mol. The van der Waals surface area contributed by atoms with Crippen molar-refractivity contribution >= 4 is 17.5 Å². The number of hydrogen-bond acceptors (Lipinski definition) is 5. The molecule has 1 saturated heterocycles. The SMILES string of the molecule is CCn1ccnc1[C@@H](Nc1ncc(Cl)cn1)C1CCOCC1. The smallest absolute Gasteiger partial charge is 0.223 e. The molecule has 6 nitrogen and oxygen atoms in total. The zero-order chi connectivity index (χ0) is 15.4. The van der Waals surface area contributed by atoms with Gasteiger partial charge in [-0.25, -0.2) is 15.0 Å². The highest BCUT2D eigenvalue weighted by molar-refractivity contribution is 6.30. The van der Waals surface area contributed by atoms with Gasteiger partial charge in [0.1, 0.15) is 5.82 Å². The van der Waals surface area contributed by atoms with Gasteiger partial charge in [-0.05, 0) is 25.7 Å². The first-order chi connectivity index (χ1) is 10.8. The Bertz CT molecular complexity index is 594. The second kappa shape index (κ2) is 7.07. The van der Waals surface area contributed by atoms with Crippen molar-refractivity contribution in [3.63, 3.8) is 0 Å². The van der Waals surface area contributed by atoms with Gasteiger partial charge in [0.2, 0.25) is 5.95 Å². The van der Waals surface area contributed by atoms with Crippen molar-refractivity contribution in [1.82, 2.24) is 19.5 Å². The molecule has 0 aromatic carbocycles. The summed E-state index contributed by atoms with van der Waals surface area (Å²) in [5.74, 6) is 2.04. The van der Waals surface area contributed by atoms with E-state index in [9.17, 15) is 0 Å². The van der Waals surface area contributed by atoms with Gasteiger partial charge in [0, 0.05) is 32.2 Å². The number of halogens is 1. The average molecular weight is 322 g/mol. The monoisotopic (exact) mass is 321 g/mol. The molecule has 1 aliphatic heterocycles. The first-order valence-corrected chi connectivity index (χ1v) is 7.98. The van der Waals surface area contributed by atoms with Crippen LogP contribution in [0.25, 0.3) is 0 Å². The zero-order valence-electron chi connectivity index (χ0n) is 12.6. The van der Waals surface area contributed by atoms with E-state index in [4.69, 9.17) is 16.3 Å². The molecule has 118 valence electrons. The summed E-state index contributed by atoms with van der Waals surface area (Å²) in [5.41, 5.74) is 0. The molecule has 0 bridgehead atoms. The lowest BCUT2D eigenvalue weighted by Gasteiger charge is -2.30. The maximum Gasteiger partial charge on any atom is 0.223 e. The van der Waals surface area contributed by atoms with Crippen LogP contribution in [0.3, 0.4) is 0 Å². The number of imidazole rings is 1. The Labute approximate surface area is 134 Å². The summed E-state index contributed by atoms with van der Waals surface area (Å²) >= 11 is 5.86. The van der Waals surface area contributed by atoms with Crippen LogP contribution >= 0.6 is 11.6 Å². The summed E-state index contributed by atoms with van der Waals surface area (Å²) in [5, 5.41) is 3.96. The fourth-order valence-corrected chi connectivity index (χ4v) is 2.93. The zero-order valence-corrected chi connectivity index (χ0v) is 13.3. The van der Waals surface area contributed by atoms with E-state index in [2.05, 4.69) is 31.8 Å². The van der Waals surface area contributed by atoms with Crippen LogP contribution in [0.4, 0.5) is 5.95 Å². The highest BCUT2D eigenvalue weighted by atomic mass is 35.5. The summed E-state index contributed by atoms with van der Waals surface area (Å²) < 4.78 is 7.64. The van der Waals surface area contributed by atoms with Crippen LogP contribution in [-0.2, 0) is 11.3 Å². The van der Waals surface area contributed by atoms with Crippen molar-refractivity contribution in [2.45, 2.75) is 32.4 Å². The number of anilines is 1. The second-order valence-corrected chi connectivity index (χ2v) is 5.80. The normalized spacial score (nSPS) is 17.4. The number of aryl methyl sites for hydroxylation is 1. The first kappa shape index (κ1) is 15.2. The summed E-state index contributed by atoms with van der Waals surface area (Å²) in [4.78, 5) is 13.1. The fraction of sp³-hybridized carbons (Fsp3) is 0.533. The van der Waals surface area contributed by atoms with Gasteiger partial charge in [0.05, 0.1) is 23.5 Å². The minimum atomic E-state index is 0.0695. The van der Waals surface area contributed by atoms with Gasteiger partial charge in [0.15, 0.2) is 0 Å². The summed E-state index contributed by atoms with van der Waals surface area (Å²) in [7, 11) is 0. The Kier molecular flexibility index (Phi) is 4.90. The standard InChI is InChI=1S/C15H20ClN5O/c1-2-21-6-5-17-14(21)13(11-3-7-22-8-4-11)20-15-18-9-12(16)10-19-15/h5-6,9-11,13H,2-4,7-8H2,1H3,(H,18,19,20)/t13-/m0/s1. The van der Waals surface area contributed by atoms with Crippen molar-refractivity contribution in [3.8, 4) is 0 Å². The third kappa shape index (κ3) is 3.39. The Balaban J connectivity index is 1.86. The number of hydrogen-bond donors (Lipinski definition) is 1. The van der Waals surface area contributed by atoms with Gasteiger partial charge in [-0.3, -0.25) is 0 Å². The molecular weight excluding hydrogens is 302 g/mol. The quantitative estimate of drug-likeness (QED) is 0.917. The number of nitrogens with zero attached hydrogens (tertiary/aromatic N) is 4. The molecule has 1 atom stereocenters. The molecule has 2 aromatic heterocycles. The lowest BCUT2D eigenvalue weighted by molar-refractivity contribution is 0.0593. The third-order valence-corrected chi connectivity index (χ3v) is 4.20. The van der Waals surface area contributed by atoms with E-state index in [0.29, 0.717) is 16.9 Å². The maximum absolute atomic E-state index is 5.86. The van der Waals surface area contributed by atoms with E-state index < -0.39 is 0 Å². The molecule has 1 aliphatic rings. The van der Waals surface area contributed by atoms with Crippen molar-refractivity contribution < 1.29 is 4.74 Å². The maximum atomic E-state index is 5.86. The Morgan fingerprint density at radius 2 is 2.05 bits per heavy atom. The number of rotatable bonds is 5. The van der Waals surface area contributed by atoms with Crippen molar-refractivity contribution in [1.29, 1.82) is 0 Å². The topological polar surface area (TPSA) is 64.9 Å².